The summed E-state index contributed by atoms with van der Waals surface area (Å²) in [5.41, 5.74) is 3.81. The van der Waals surface area contributed by atoms with Crippen molar-refractivity contribution in [2.75, 3.05) is 20.2 Å². The SMILES string of the molecule is COC(=O)/C=C/c1ccc(C2CCCN2CCCc2ccccc2)cc1. The van der Waals surface area contributed by atoms with E-state index < -0.39 is 0 Å². The first-order valence-electron chi connectivity index (χ1n) is 9.40. The second-order valence-electron chi connectivity index (χ2n) is 6.81. The Balaban J connectivity index is 1.55. The Kier molecular flexibility index (Phi) is 6.62. The summed E-state index contributed by atoms with van der Waals surface area (Å²) < 4.78 is 4.63. The Labute approximate surface area is 156 Å². The van der Waals surface area contributed by atoms with Gasteiger partial charge in [0.2, 0.25) is 0 Å². The molecular weight excluding hydrogens is 322 g/mol. The van der Waals surface area contributed by atoms with Gasteiger partial charge in [0.15, 0.2) is 0 Å². The van der Waals surface area contributed by atoms with Crippen molar-refractivity contribution in [3.05, 3.63) is 77.4 Å². The summed E-state index contributed by atoms with van der Waals surface area (Å²) in [7, 11) is 1.39. The molecule has 0 aromatic heterocycles. The molecule has 1 heterocycles. The number of rotatable bonds is 7. The number of likely N-dealkylation sites (tertiary alicyclic amines) is 1. The lowest BCUT2D eigenvalue weighted by Crippen LogP contribution is -2.24. The molecule has 2 aromatic rings. The van der Waals surface area contributed by atoms with Crippen LogP contribution < -0.4 is 0 Å². The maximum Gasteiger partial charge on any atom is 0.330 e. The minimum atomic E-state index is -0.325. The third-order valence-electron chi connectivity index (χ3n) is 5.05. The van der Waals surface area contributed by atoms with E-state index in [9.17, 15) is 4.79 Å². The van der Waals surface area contributed by atoms with Crippen LogP contribution in [0.1, 0.15) is 42.0 Å². The van der Waals surface area contributed by atoms with E-state index in [1.54, 1.807) is 6.08 Å². The molecular formula is C23H27NO2. The Morgan fingerprint density at radius 1 is 1.15 bits per heavy atom. The molecule has 1 aliphatic rings. The number of carbonyl (C=O) groups excluding carboxylic acids is 1. The van der Waals surface area contributed by atoms with E-state index >= 15 is 0 Å². The van der Waals surface area contributed by atoms with E-state index in [2.05, 4.69) is 64.2 Å². The maximum atomic E-state index is 11.2. The lowest BCUT2D eigenvalue weighted by atomic mass is 10.0. The van der Waals surface area contributed by atoms with Crippen molar-refractivity contribution >= 4 is 12.0 Å². The Hall–Kier alpha value is -2.39. The highest BCUT2D eigenvalue weighted by molar-refractivity contribution is 5.86. The Bertz CT molecular complexity index is 722. The van der Waals surface area contributed by atoms with E-state index in [0.717, 1.165) is 18.5 Å². The van der Waals surface area contributed by atoms with E-state index in [-0.39, 0.29) is 5.97 Å². The van der Waals surface area contributed by atoms with Gasteiger partial charge in [-0.1, -0.05) is 54.6 Å². The highest BCUT2D eigenvalue weighted by Gasteiger charge is 2.25. The minimum Gasteiger partial charge on any atom is -0.466 e. The fraction of sp³-hybridized carbons (Fsp3) is 0.348. The molecule has 0 bridgehead atoms. The third-order valence-corrected chi connectivity index (χ3v) is 5.05. The van der Waals surface area contributed by atoms with Crippen LogP contribution in [0.25, 0.3) is 6.08 Å². The first kappa shape index (κ1) is 18.4. The number of aryl methyl sites for hydroxylation is 1. The van der Waals surface area contributed by atoms with Crippen LogP contribution in [0.2, 0.25) is 0 Å². The zero-order valence-corrected chi connectivity index (χ0v) is 15.4. The molecule has 0 aliphatic carbocycles. The predicted molar refractivity (Wildman–Crippen MR) is 106 cm³/mol. The number of hydrogen-bond donors (Lipinski definition) is 0. The lowest BCUT2D eigenvalue weighted by molar-refractivity contribution is -0.134. The molecule has 3 nitrogen and oxygen atoms in total. The van der Waals surface area contributed by atoms with E-state index in [1.165, 1.54) is 50.1 Å². The van der Waals surface area contributed by atoms with Crippen molar-refractivity contribution in [1.29, 1.82) is 0 Å². The molecule has 0 spiro atoms. The van der Waals surface area contributed by atoms with Gasteiger partial charge in [-0.2, -0.15) is 0 Å². The summed E-state index contributed by atoms with van der Waals surface area (Å²) in [6.45, 7) is 2.33. The molecule has 2 aromatic carbocycles. The summed E-state index contributed by atoms with van der Waals surface area (Å²) >= 11 is 0. The number of nitrogens with zero attached hydrogens (tertiary/aromatic N) is 1. The highest BCUT2D eigenvalue weighted by Crippen LogP contribution is 2.32. The fourth-order valence-corrected chi connectivity index (χ4v) is 3.66. The van der Waals surface area contributed by atoms with Crippen LogP contribution in [0.3, 0.4) is 0 Å². The van der Waals surface area contributed by atoms with Gasteiger partial charge in [0, 0.05) is 12.1 Å². The average Bonchev–Trinajstić information content (AvgIpc) is 3.16. The average molecular weight is 349 g/mol. The number of benzene rings is 2. The van der Waals surface area contributed by atoms with Crippen molar-refractivity contribution in [1.82, 2.24) is 4.90 Å². The summed E-state index contributed by atoms with van der Waals surface area (Å²) in [6, 6.07) is 19.8. The predicted octanol–water partition coefficient (Wildman–Crippen LogP) is 4.64. The number of methoxy groups -OCH3 is 1. The highest BCUT2D eigenvalue weighted by atomic mass is 16.5. The minimum absolute atomic E-state index is 0.325. The van der Waals surface area contributed by atoms with Gasteiger partial charge in [-0.15, -0.1) is 0 Å². The van der Waals surface area contributed by atoms with Gasteiger partial charge < -0.3 is 4.74 Å². The largest absolute Gasteiger partial charge is 0.466 e. The lowest BCUT2D eigenvalue weighted by Gasteiger charge is -2.25. The van der Waals surface area contributed by atoms with Crippen molar-refractivity contribution in [2.45, 2.75) is 31.7 Å². The normalized spacial score (nSPS) is 17.7. The molecule has 1 fully saturated rings. The van der Waals surface area contributed by atoms with Crippen LogP contribution >= 0.6 is 0 Å². The van der Waals surface area contributed by atoms with Crippen molar-refractivity contribution in [3.63, 3.8) is 0 Å². The van der Waals surface area contributed by atoms with Gasteiger partial charge in [-0.25, -0.2) is 4.79 Å². The van der Waals surface area contributed by atoms with Gasteiger partial charge in [-0.05, 0) is 61.5 Å². The van der Waals surface area contributed by atoms with Crippen molar-refractivity contribution < 1.29 is 9.53 Å². The van der Waals surface area contributed by atoms with E-state index in [4.69, 9.17) is 0 Å². The van der Waals surface area contributed by atoms with Gasteiger partial charge in [0.05, 0.1) is 7.11 Å². The monoisotopic (exact) mass is 349 g/mol. The standard InChI is InChI=1S/C23H27NO2/c1-26-23(25)16-13-20-11-14-21(15-12-20)22-10-6-18-24(22)17-5-9-19-7-3-2-4-8-19/h2-4,7-8,11-16,22H,5-6,9-10,17-18H2,1H3/b16-13+. The van der Waals surface area contributed by atoms with Crippen LogP contribution in [-0.2, 0) is 16.0 Å². The molecule has 0 saturated carbocycles. The second-order valence-corrected chi connectivity index (χ2v) is 6.81. The smallest absolute Gasteiger partial charge is 0.330 e. The molecule has 3 heteroatoms. The quantitative estimate of drug-likeness (QED) is 0.539. The van der Waals surface area contributed by atoms with Crippen LogP contribution in [0, 0.1) is 0 Å². The molecule has 0 N–H and O–H groups in total. The summed E-state index contributed by atoms with van der Waals surface area (Å²) in [4.78, 5) is 13.8. The first-order chi connectivity index (χ1) is 12.8. The number of esters is 1. The number of carbonyl (C=O) groups is 1. The topological polar surface area (TPSA) is 29.5 Å². The molecule has 0 radical (unpaired) electrons. The molecule has 26 heavy (non-hydrogen) atoms. The molecule has 0 amide bonds. The van der Waals surface area contributed by atoms with Gasteiger partial charge >= 0.3 is 5.97 Å². The molecule has 3 rings (SSSR count). The van der Waals surface area contributed by atoms with E-state index in [1.807, 2.05) is 0 Å². The van der Waals surface area contributed by atoms with Crippen LogP contribution in [0.4, 0.5) is 0 Å². The maximum absolute atomic E-state index is 11.2. The van der Waals surface area contributed by atoms with Crippen molar-refractivity contribution in [2.24, 2.45) is 0 Å². The first-order valence-corrected chi connectivity index (χ1v) is 9.40. The molecule has 1 unspecified atom stereocenters. The third kappa shape index (κ3) is 5.06. The molecule has 1 saturated heterocycles. The van der Waals surface area contributed by atoms with Gasteiger partial charge in [0.25, 0.3) is 0 Å². The van der Waals surface area contributed by atoms with Crippen LogP contribution in [0.5, 0.6) is 0 Å². The molecule has 136 valence electrons. The second kappa shape index (κ2) is 9.35. The van der Waals surface area contributed by atoms with Crippen LogP contribution in [-0.4, -0.2) is 31.1 Å². The molecule has 1 atom stereocenters. The Morgan fingerprint density at radius 2 is 1.92 bits per heavy atom. The van der Waals surface area contributed by atoms with Gasteiger partial charge in [-0.3, -0.25) is 4.90 Å². The molecule has 1 aliphatic heterocycles. The zero-order chi connectivity index (χ0) is 18.2. The van der Waals surface area contributed by atoms with Crippen LogP contribution in [0.15, 0.2) is 60.7 Å². The Morgan fingerprint density at radius 3 is 2.65 bits per heavy atom. The fourth-order valence-electron chi connectivity index (χ4n) is 3.66. The summed E-state index contributed by atoms with van der Waals surface area (Å²) in [6.07, 6.45) is 8.08. The zero-order valence-electron chi connectivity index (χ0n) is 15.4. The number of hydrogen-bond acceptors (Lipinski definition) is 3. The van der Waals surface area contributed by atoms with E-state index in [0.29, 0.717) is 6.04 Å². The summed E-state index contributed by atoms with van der Waals surface area (Å²) in [5.74, 6) is -0.325. The summed E-state index contributed by atoms with van der Waals surface area (Å²) in [5, 5.41) is 0. The van der Waals surface area contributed by atoms with Crippen molar-refractivity contribution in [3.8, 4) is 0 Å². The number of ether oxygens (including phenoxy) is 1. The van der Waals surface area contributed by atoms with Gasteiger partial charge in [0.1, 0.15) is 0 Å².